The highest BCUT2D eigenvalue weighted by Gasteiger charge is 2.12. The molecule has 0 saturated carbocycles. The molecule has 0 saturated heterocycles. The molecule has 2 rings (SSSR count). The van der Waals surface area contributed by atoms with E-state index in [0.717, 1.165) is 11.4 Å². The van der Waals surface area contributed by atoms with Crippen molar-refractivity contribution in [2.75, 3.05) is 0 Å². The number of carbonyl (C=O) groups is 2. The van der Waals surface area contributed by atoms with Gasteiger partial charge in [-0.05, 0) is 19.9 Å². The van der Waals surface area contributed by atoms with Crippen LogP contribution in [0.4, 0.5) is 0 Å². The van der Waals surface area contributed by atoms with Crippen LogP contribution in [-0.2, 0) is 4.79 Å². The highest BCUT2D eigenvalue weighted by atomic mass is 16.4. The third-order valence-corrected chi connectivity index (χ3v) is 2.85. The lowest BCUT2D eigenvalue weighted by molar-refractivity contribution is -0.135. The summed E-state index contributed by atoms with van der Waals surface area (Å²) in [5, 5.41) is 16.6. The quantitative estimate of drug-likeness (QED) is 0.673. The molecule has 0 unspecified atom stereocenters. The first-order chi connectivity index (χ1) is 9.47. The van der Waals surface area contributed by atoms with Crippen LogP contribution in [0.15, 0.2) is 24.3 Å². The second-order valence-corrected chi connectivity index (χ2v) is 4.38. The van der Waals surface area contributed by atoms with E-state index in [2.05, 4.69) is 15.2 Å². The second kappa shape index (κ2) is 5.56. The number of ketones is 1. The van der Waals surface area contributed by atoms with Crippen molar-refractivity contribution >= 4 is 11.8 Å². The lowest BCUT2D eigenvalue weighted by Crippen LogP contribution is -2.07. The molecule has 0 bridgehead atoms. The molecular weight excluding hydrogens is 258 g/mol. The van der Waals surface area contributed by atoms with Crippen molar-refractivity contribution in [2.24, 2.45) is 0 Å². The number of carbonyl (C=O) groups excluding carboxylic acids is 1. The predicted octanol–water partition coefficient (Wildman–Crippen LogP) is 1.81. The fourth-order valence-electron chi connectivity index (χ4n) is 1.65. The molecule has 1 aromatic carbocycles. The number of aliphatic carboxylic acids is 1. The van der Waals surface area contributed by atoms with Crippen molar-refractivity contribution in [3.63, 3.8) is 0 Å². The third-order valence-electron chi connectivity index (χ3n) is 2.85. The number of carboxylic acid groups (broad SMARTS) is 1. The summed E-state index contributed by atoms with van der Waals surface area (Å²) in [4.78, 5) is 26.6. The molecule has 102 valence electrons. The fourth-order valence-corrected chi connectivity index (χ4v) is 1.65. The average Bonchev–Trinajstić information content (AvgIpc) is 2.41. The summed E-state index contributed by atoms with van der Waals surface area (Å²) in [7, 11) is 0. The van der Waals surface area contributed by atoms with Gasteiger partial charge < -0.3 is 5.11 Å². The molecule has 0 aliphatic heterocycles. The highest BCUT2D eigenvalue weighted by molar-refractivity contribution is 6.05. The van der Waals surface area contributed by atoms with E-state index in [4.69, 9.17) is 5.11 Å². The van der Waals surface area contributed by atoms with E-state index in [0.29, 0.717) is 17.0 Å². The SMILES string of the molecule is Cc1nnc(-c2cccc(C(=O)CC(=O)O)c2)nc1C. The Bertz CT molecular complexity index is 683. The van der Waals surface area contributed by atoms with Gasteiger partial charge in [-0.3, -0.25) is 9.59 Å². The van der Waals surface area contributed by atoms with Crippen LogP contribution in [0.2, 0.25) is 0 Å². The number of hydrogen-bond donors (Lipinski definition) is 1. The summed E-state index contributed by atoms with van der Waals surface area (Å²) in [5.41, 5.74) is 2.47. The first-order valence-corrected chi connectivity index (χ1v) is 6.00. The van der Waals surface area contributed by atoms with Crippen LogP contribution < -0.4 is 0 Å². The molecule has 6 heteroatoms. The second-order valence-electron chi connectivity index (χ2n) is 4.38. The molecule has 1 heterocycles. The Kier molecular flexibility index (Phi) is 3.84. The van der Waals surface area contributed by atoms with E-state index in [-0.39, 0.29) is 0 Å². The number of rotatable bonds is 4. The van der Waals surface area contributed by atoms with Crippen molar-refractivity contribution in [1.82, 2.24) is 15.2 Å². The van der Waals surface area contributed by atoms with Crippen LogP contribution in [0.5, 0.6) is 0 Å². The first kappa shape index (κ1) is 13.8. The van der Waals surface area contributed by atoms with Crippen LogP contribution >= 0.6 is 0 Å². The van der Waals surface area contributed by atoms with Gasteiger partial charge in [-0.2, -0.15) is 5.10 Å². The Morgan fingerprint density at radius 3 is 2.55 bits per heavy atom. The average molecular weight is 271 g/mol. The van der Waals surface area contributed by atoms with Gasteiger partial charge in [-0.25, -0.2) is 4.98 Å². The van der Waals surface area contributed by atoms with Crippen molar-refractivity contribution in [3.8, 4) is 11.4 Å². The minimum absolute atomic E-state index is 0.326. The largest absolute Gasteiger partial charge is 0.481 e. The number of aromatic nitrogens is 3. The zero-order valence-corrected chi connectivity index (χ0v) is 11.1. The lowest BCUT2D eigenvalue weighted by atomic mass is 10.0. The number of nitrogens with zero attached hydrogens (tertiary/aromatic N) is 3. The normalized spacial score (nSPS) is 10.3. The molecule has 0 atom stereocenters. The Labute approximate surface area is 115 Å². The van der Waals surface area contributed by atoms with Gasteiger partial charge in [0.2, 0.25) is 0 Å². The van der Waals surface area contributed by atoms with E-state index in [1.807, 2.05) is 13.8 Å². The van der Waals surface area contributed by atoms with Crippen LogP contribution in [0.3, 0.4) is 0 Å². The van der Waals surface area contributed by atoms with Crippen LogP contribution in [0.1, 0.15) is 28.2 Å². The molecule has 0 radical (unpaired) electrons. The third kappa shape index (κ3) is 3.03. The van der Waals surface area contributed by atoms with Crippen LogP contribution in [0.25, 0.3) is 11.4 Å². The van der Waals surface area contributed by atoms with Gasteiger partial charge >= 0.3 is 5.97 Å². The number of Topliss-reactive ketones (excluding diaryl/α,β-unsaturated/α-hetero) is 1. The van der Waals surface area contributed by atoms with Gasteiger partial charge in [0.15, 0.2) is 11.6 Å². The van der Waals surface area contributed by atoms with Crippen molar-refractivity contribution in [1.29, 1.82) is 0 Å². The molecule has 0 fully saturated rings. The number of carboxylic acids is 1. The first-order valence-electron chi connectivity index (χ1n) is 6.00. The maximum atomic E-state index is 11.7. The number of hydrogen-bond acceptors (Lipinski definition) is 5. The van der Waals surface area contributed by atoms with Gasteiger partial charge in [0.05, 0.1) is 11.4 Å². The smallest absolute Gasteiger partial charge is 0.311 e. The molecule has 1 N–H and O–H groups in total. The minimum atomic E-state index is -1.15. The van der Waals surface area contributed by atoms with Gasteiger partial charge in [-0.15, -0.1) is 5.10 Å². The summed E-state index contributed by atoms with van der Waals surface area (Å²) in [6.45, 7) is 3.64. The molecule has 6 nitrogen and oxygen atoms in total. The van der Waals surface area contributed by atoms with Gasteiger partial charge in [0.25, 0.3) is 0 Å². The summed E-state index contributed by atoms with van der Waals surface area (Å²) < 4.78 is 0. The maximum Gasteiger partial charge on any atom is 0.311 e. The zero-order valence-electron chi connectivity index (χ0n) is 11.1. The summed E-state index contributed by atoms with van der Waals surface area (Å²) in [5.74, 6) is -1.18. The highest BCUT2D eigenvalue weighted by Crippen LogP contribution is 2.17. The van der Waals surface area contributed by atoms with Gasteiger partial charge in [0, 0.05) is 11.1 Å². The van der Waals surface area contributed by atoms with Gasteiger partial charge in [-0.1, -0.05) is 18.2 Å². The van der Waals surface area contributed by atoms with E-state index in [1.165, 1.54) is 0 Å². The van der Waals surface area contributed by atoms with Crippen LogP contribution in [-0.4, -0.2) is 32.0 Å². The fraction of sp³-hybridized carbons (Fsp3) is 0.214. The van der Waals surface area contributed by atoms with E-state index in [1.54, 1.807) is 24.3 Å². The topological polar surface area (TPSA) is 93.0 Å². The van der Waals surface area contributed by atoms with E-state index >= 15 is 0 Å². The molecule has 0 aliphatic carbocycles. The molecular formula is C14H13N3O3. The molecule has 0 amide bonds. The maximum absolute atomic E-state index is 11.7. The standard InChI is InChI=1S/C14H13N3O3/c1-8-9(2)16-17-14(15-8)11-5-3-4-10(6-11)12(18)7-13(19)20/h3-6H,7H2,1-2H3,(H,19,20). The summed E-state index contributed by atoms with van der Waals surface area (Å²) in [6, 6.07) is 6.58. The molecule has 1 aromatic heterocycles. The minimum Gasteiger partial charge on any atom is -0.481 e. The van der Waals surface area contributed by atoms with Gasteiger partial charge in [0.1, 0.15) is 6.42 Å². The van der Waals surface area contributed by atoms with Crippen LogP contribution in [0, 0.1) is 13.8 Å². The lowest BCUT2D eigenvalue weighted by Gasteiger charge is -2.04. The molecule has 0 spiro atoms. The Hall–Kier alpha value is -2.63. The van der Waals surface area contributed by atoms with Crippen molar-refractivity contribution in [2.45, 2.75) is 20.3 Å². The molecule has 0 aliphatic rings. The Balaban J connectivity index is 2.36. The molecule has 2 aromatic rings. The zero-order chi connectivity index (χ0) is 14.7. The van der Waals surface area contributed by atoms with Crippen molar-refractivity contribution < 1.29 is 14.7 Å². The monoisotopic (exact) mass is 271 g/mol. The predicted molar refractivity (Wildman–Crippen MR) is 71.3 cm³/mol. The van der Waals surface area contributed by atoms with E-state index < -0.39 is 18.2 Å². The number of aryl methyl sites for hydroxylation is 2. The van der Waals surface area contributed by atoms with E-state index in [9.17, 15) is 9.59 Å². The Morgan fingerprint density at radius 2 is 1.90 bits per heavy atom. The van der Waals surface area contributed by atoms with Crippen molar-refractivity contribution in [3.05, 3.63) is 41.2 Å². The summed E-state index contributed by atoms with van der Waals surface area (Å²) in [6.07, 6.45) is -0.532. The summed E-state index contributed by atoms with van der Waals surface area (Å²) >= 11 is 0. The number of benzene rings is 1. The molecule has 20 heavy (non-hydrogen) atoms. The Morgan fingerprint density at radius 1 is 1.15 bits per heavy atom.